The second kappa shape index (κ2) is 21.4. The first-order valence-electron chi connectivity index (χ1n) is 1.41. The Morgan fingerprint density at radius 3 is 1.40 bits per heavy atom. The maximum atomic E-state index is 2.19. The van der Waals surface area contributed by atoms with Gasteiger partial charge in [0.25, 0.3) is 0 Å². The predicted octanol–water partition coefficient (Wildman–Crippen LogP) is 0.634. The lowest BCUT2D eigenvalue weighted by atomic mass is 11.0. The highest BCUT2D eigenvalue weighted by Crippen LogP contribution is 1.49. The molecule has 36 valence electrons. The van der Waals surface area contributed by atoms with Crippen LogP contribution < -0.4 is 0 Å². The molecule has 0 unspecified atom stereocenters. The first-order chi connectivity index (χ1) is 1.41. The summed E-state index contributed by atoms with van der Waals surface area (Å²) < 4.78 is 0. The van der Waals surface area contributed by atoms with Crippen LogP contribution in [0.1, 0.15) is 6.92 Å². The summed E-state index contributed by atoms with van der Waals surface area (Å²) in [5.41, 5.74) is 0. The third kappa shape index (κ3) is 59.1. The van der Waals surface area contributed by atoms with Crippen molar-refractivity contribution in [2.24, 2.45) is 0 Å². The smallest absolute Gasteiger partial charge is 0.00244 e. The molecule has 0 atom stereocenters. The van der Waals surface area contributed by atoms with Crippen molar-refractivity contribution >= 4 is 35.1 Å². The molecule has 0 nitrogen and oxygen atoms in total. The Bertz CT molecular complexity index is 7.61. The third-order valence-corrected chi connectivity index (χ3v) is 0. The molecule has 0 heterocycles. The van der Waals surface area contributed by atoms with Gasteiger partial charge in [-0.2, -0.15) is 0 Å². The van der Waals surface area contributed by atoms with Crippen molar-refractivity contribution in [1.29, 1.82) is 0 Å². The number of hydrogen-bond donors (Lipinski definition) is 0. The van der Waals surface area contributed by atoms with Crippen LogP contribution in [0.15, 0.2) is 0 Å². The average Bonchev–Trinajstić information content (AvgIpc) is 0.918. The molecule has 0 amide bonds. The van der Waals surface area contributed by atoms with Crippen LogP contribution in [0.3, 0.4) is 0 Å². The lowest BCUT2D eigenvalue weighted by molar-refractivity contribution is 1.48. The van der Waals surface area contributed by atoms with Gasteiger partial charge in [0.2, 0.25) is 0 Å². The van der Waals surface area contributed by atoms with Gasteiger partial charge in [-0.05, 0) is 0 Å². The van der Waals surface area contributed by atoms with E-state index in [0.717, 1.165) is 0 Å². The summed E-state index contributed by atoms with van der Waals surface area (Å²) in [5, 5.41) is 0. The van der Waals surface area contributed by atoms with E-state index in [2.05, 4.69) is 6.92 Å². The summed E-state index contributed by atoms with van der Waals surface area (Å²) in [5.74, 6) is 0. The Morgan fingerprint density at radius 2 is 1.40 bits per heavy atom. The molecule has 0 saturated carbocycles. The van der Waals surface area contributed by atoms with E-state index in [4.69, 9.17) is 0 Å². The Kier molecular flexibility index (Phi) is 73.0. The standard InChI is InChI=1S/C2H8Si.2ClH/c1-2-3;;/h2H2,1,3H3;2*1H. The van der Waals surface area contributed by atoms with Gasteiger partial charge in [0.05, 0.1) is 0 Å². The molecule has 0 aliphatic heterocycles. The topological polar surface area (TPSA) is 0 Å². The molecule has 0 saturated heterocycles. The van der Waals surface area contributed by atoms with Crippen molar-refractivity contribution in [2.45, 2.75) is 13.0 Å². The molecular formula is C2H10Cl2Si. The Hall–Kier alpha value is 0.797. The monoisotopic (exact) mass is 132 g/mol. The van der Waals surface area contributed by atoms with Gasteiger partial charge in [0, 0.05) is 10.2 Å². The van der Waals surface area contributed by atoms with Gasteiger partial charge >= 0.3 is 0 Å². The fraction of sp³-hybridized carbons (Fsp3) is 1.00. The molecule has 0 aromatic heterocycles. The summed E-state index contributed by atoms with van der Waals surface area (Å²) in [6.07, 6.45) is 0. The zero-order chi connectivity index (χ0) is 2.71. The molecule has 5 heavy (non-hydrogen) atoms. The summed E-state index contributed by atoms with van der Waals surface area (Å²) in [7, 11) is 1.37. The van der Waals surface area contributed by atoms with Crippen molar-refractivity contribution in [3.8, 4) is 0 Å². The van der Waals surface area contributed by atoms with Crippen molar-refractivity contribution in [3.05, 3.63) is 0 Å². The summed E-state index contributed by atoms with van der Waals surface area (Å²) in [6.45, 7) is 2.19. The minimum atomic E-state index is 0. The lowest BCUT2D eigenvalue weighted by Crippen LogP contribution is -1.41. The molecule has 0 aromatic rings. The maximum Gasteiger partial charge on any atom is 0.00244 e. The van der Waals surface area contributed by atoms with E-state index in [-0.39, 0.29) is 24.8 Å². The van der Waals surface area contributed by atoms with Crippen LogP contribution in [0.2, 0.25) is 6.04 Å². The second-order valence-corrected chi connectivity index (χ2v) is 2.12. The number of halogens is 2. The molecular weight excluding hydrogens is 123 g/mol. The largest absolute Gasteiger partial charge is 0.147 e. The summed E-state index contributed by atoms with van der Waals surface area (Å²) in [4.78, 5) is 0. The van der Waals surface area contributed by atoms with E-state index < -0.39 is 0 Å². The van der Waals surface area contributed by atoms with E-state index in [1.54, 1.807) is 0 Å². The SMILES string of the molecule is CC[SiH3].Cl.Cl. The molecule has 0 aromatic carbocycles. The van der Waals surface area contributed by atoms with Gasteiger partial charge in [-0.15, -0.1) is 24.8 Å². The number of rotatable bonds is 0. The molecule has 0 bridgehead atoms. The summed E-state index contributed by atoms with van der Waals surface area (Å²) in [6, 6.07) is 1.39. The van der Waals surface area contributed by atoms with Gasteiger partial charge in [-0.1, -0.05) is 13.0 Å². The van der Waals surface area contributed by atoms with Crippen LogP contribution in [0.5, 0.6) is 0 Å². The Balaban J connectivity index is -0.0000000200. The minimum Gasteiger partial charge on any atom is -0.147 e. The van der Waals surface area contributed by atoms with Crippen LogP contribution in [0, 0.1) is 0 Å². The van der Waals surface area contributed by atoms with Gasteiger partial charge in [-0.3, -0.25) is 0 Å². The Morgan fingerprint density at radius 1 is 1.40 bits per heavy atom. The van der Waals surface area contributed by atoms with Crippen molar-refractivity contribution in [1.82, 2.24) is 0 Å². The van der Waals surface area contributed by atoms with E-state index in [9.17, 15) is 0 Å². The van der Waals surface area contributed by atoms with Gasteiger partial charge in [0.15, 0.2) is 0 Å². The minimum absolute atomic E-state index is 0. The van der Waals surface area contributed by atoms with Crippen LogP contribution in [0.4, 0.5) is 0 Å². The predicted molar refractivity (Wildman–Crippen MR) is 34.9 cm³/mol. The van der Waals surface area contributed by atoms with Crippen molar-refractivity contribution in [3.63, 3.8) is 0 Å². The van der Waals surface area contributed by atoms with E-state index in [1.807, 2.05) is 0 Å². The molecule has 0 aliphatic carbocycles. The fourth-order valence-electron chi connectivity index (χ4n) is 0. The lowest BCUT2D eigenvalue weighted by Gasteiger charge is -1.47. The van der Waals surface area contributed by atoms with Crippen molar-refractivity contribution in [2.75, 3.05) is 0 Å². The zero-order valence-corrected chi connectivity index (χ0v) is 7.16. The maximum absolute atomic E-state index is 2.19. The van der Waals surface area contributed by atoms with E-state index in [0.29, 0.717) is 0 Å². The normalized spacial score (nSPS) is 4.20. The highest BCUT2D eigenvalue weighted by atomic mass is 35.5. The molecule has 0 spiro atoms. The first kappa shape index (κ1) is 17.1. The highest BCUT2D eigenvalue weighted by molar-refractivity contribution is 6.08. The number of hydrogen-bond acceptors (Lipinski definition) is 0. The molecule has 0 N–H and O–H groups in total. The highest BCUT2D eigenvalue weighted by Gasteiger charge is 1.36. The zero-order valence-electron chi connectivity index (χ0n) is 3.52. The molecule has 0 aliphatic rings. The molecule has 0 radical (unpaired) electrons. The van der Waals surface area contributed by atoms with Gasteiger partial charge < -0.3 is 0 Å². The molecule has 0 rings (SSSR count). The molecule has 0 fully saturated rings. The van der Waals surface area contributed by atoms with Gasteiger partial charge in [-0.25, -0.2) is 0 Å². The van der Waals surface area contributed by atoms with Crippen molar-refractivity contribution < 1.29 is 0 Å². The van der Waals surface area contributed by atoms with Crippen LogP contribution in [-0.2, 0) is 0 Å². The molecule has 3 heteroatoms. The van der Waals surface area contributed by atoms with Crippen LogP contribution in [-0.4, -0.2) is 10.2 Å². The third-order valence-electron chi connectivity index (χ3n) is 0. The Labute approximate surface area is 48.6 Å². The summed E-state index contributed by atoms with van der Waals surface area (Å²) >= 11 is 0. The van der Waals surface area contributed by atoms with Crippen LogP contribution >= 0.6 is 24.8 Å². The van der Waals surface area contributed by atoms with E-state index in [1.165, 1.54) is 16.3 Å². The van der Waals surface area contributed by atoms with Gasteiger partial charge in [0.1, 0.15) is 0 Å². The van der Waals surface area contributed by atoms with Crippen LogP contribution in [0.25, 0.3) is 0 Å². The first-order valence-corrected chi connectivity index (χ1v) is 2.83. The fourth-order valence-corrected chi connectivity index (χ4v) is 0. The quantitative estimate of drug-likeness (QED) is 0.425. The average molecular weight is 133 g/mol. The van der Waals surface area contributed by atoms with E-state index >= 15 is 0 Å². The second-order valence-electron chi connectivity index (χ2n) is 0.707.